The fourth-order valence-corrected chi connectivity index (χ4v) is 2.71. The zero-order valence-corrected chi connectivity index (χ0v) is 10.5. The minimum absolute atomic E-state index is 0.531. The summed E-state index contributed by atoms with van der Waals surface area (Å²) in [5.41, 5.74) is 3.18. The van der Waals surface area contributed by atoms with E-state index >= 15 is 0 Å². The van der Waals surface area contributed by atoms with Gasteiger partial charge in [-0.25, -0.2) is 0 Å². The Kier molecular flexibility index (Phi) is 3.05. The topological polar surface area (TPSA) is 40.5 Å². The Morgan fingerprint density at radius 3 is 2.53 bits per heavy atom. The predicted octanol–water partition coefficient (Wildman–Crippen LogP) is 2.83. The summed E-state index contributed by atoms with van der Waals surface area (Å²) in [6, 6.07) is 17.2. The number of aliphatic carboxylic acids is 1. The first-order valence-electron chi connectivity index (χ1n) is 6.34. The lowest BCUT2D eigenvalue weighted by Gasteiger charge is -2.21. The summed E-state index contributed by atoms with van der Waals surface area (Å²) in [4.78, 5) is 13.5. The Hall–Kier alpha value is -2.13. The highest BCUT2D eigenvalue weighted by atomic mass is 16.4. The van der Waals surface area contributed by atoms with Crippen LogP contribution in [0.3, 0.4) is 0 Å². The quantitative estimate of drug-likeness (QED) is 0.914. The van der Waals surface area contributed by atoms with Crippen molar-refractivity contribution >= 4 is 5.97 Å². The largest absolute Gasteiger partial charge is 0.480 e. The first-order valence-corrected chi connectivity index (χ1v) is 6.34. The van der Waals surface area contributed by atoms with Gasteiger partial charge in [0.05, 0.1) is 0 Å². The Morgan fingerprint density at radius 1 is 1.11 bits per heavy atom. The number of benzene rings is 2. The van der Waals surface area contributed by atoms with Crippen molar-refractivity contribution < 1.29 is 9.90 Å². The molecule has 3 rings (SSSR count). The third kappa shape index (κ3) is 2.25. The number of fused-ring (bicyclic) bond motifs is 1. The second-order valence-electron chi connectivity index (χ2n) is 4.83. The van der Waals surface area contributed by atoms with Crippen LogP contribution in [-0.2, 0) is 17.9 Å². The highest BCUT2D eigenvalue weighted by Crippen LogP contribution is 2.34. The molecule has 0 radical (unpaired) electrons. The van der Waals surface area contributed by atoms with Gasteiger partial charge in [0.2, 0.25) is 0 Å². The molecule has 0 fully saturated rings. The second kappa shape index (κ2) is 4.86. The van der Waals surface area contributed by atoms with E-state index in [9.17, 15) is 9.90 Å². The van der Waals surface area contributed by atoms with Crippen molar-refractivity contribution in [3.05, 3.63) is 71.3 Å². The van der Waals surface area contributed by atoms with Crippen LogP contribution in [0.2, 0.25) is 0 Å². The lowest BCUT2D eigenvalue weighted by atomic mass is 10.1. The number of hydrogen-bond acceptors (Lipinski definition) is 2. The molecule has 0 unspecified atom stereocenters. The molecule has 19 heavy (non-hydrogen) atoms. The summed E-state index contributed by atoms with van der Waals surface area (Å²) in [6.45, 7) is 1.36. The monoisotopic (exact) mass is 253 g/mol. The standard InChI is InChI=1S/C16H15NO2/c18-16(19)15-14-9-5-4-8-13(14)11-17(15)10-12-6-2-1-3-7-12/h1-9,15H,10-11H2,(H,18,19)/t15-/m1/s1. The highest BCUT2D eigenvalue weighted by molar-refractivity contribution is 5.77. The molecule has 1 atom stereocenters. The zero-order valence-electron chi connectivity index (χ0n) is 10.5. The SMILES string of the molecule is O=C(O)[C@H]1c2ccccc2CN1Cc1ccccc1. The molecule has 1 aliphatic heterocycles. The molecule has 0 saturated heterocycles. The van der Waals surface area contributed by atoms with Crippen LogP contribution in [0, 0.1) is 0 Å². The minimum atomic E-state index is -0.777. The van der Waals surface area contributed by atoms with Crippen molar-refractivity contribution in [3.63, 3.8) is 0 Å². The maximum atomic E-state index is 11.5. The third-order valence-electron chi connectivity index (χ3n) is 3.55. The summed E-state index contributed by atoms with van der Waals surface area (Å²) in [6.07, 6.45) is 0. The second-order valence-corrected chi connectivity index (χ2v) is 4.83. The van der Waals surface area contributed by atoms with Gasteiger partial charge in [-0.15, -0.1) is 0 Å². The molecule has 1 aliphatic rings. The van der Waals surface area contributed by atoms with Gasteiger partial charge in [-0.3, -0.25) is 9.69 Å². The van der Waals surface area contributed by atoms with Crippen molar-refractivity contribution in [1.82, 2.24) is 4.90 Å². The average Bonchev–Trinajstić information content (AvgIpc) is 2.77. The molecule has 2 aromatic carbocycles. The fraction of sp³-hybridized carbons (Fsp3) is 0.188. The zero-order chi connectivity index (χ0) is 13.2. The molecule has 0 aromatic heterocycles. The molecule has 0 aliphatic carbocycles. The van der Waals surface area contributed by atoms with Gasteiger partial charge in [-0.1, -0.05) is 54.6 Å². The van der Waals surface area contributed by atoms with Crippen molar-refractivity contribution in [2.45, 2.75) is 19.1 Å². The molecule has 1 N–H and O–H groups in total. The summed E-state index contributed by atoms with van der Waals surface area (Å²) >= 11 is 0. The Morgan fingerprint density at radius 2 is 1.79 bits per heavy atom. The van der Waals surface area contributed by atoms with E-state index in [4.69, 9.17) is 0 Å². The van der Waals surface area contributed by atoms with Gasteiger partial charge in [0.15, 0.2) is 0 Å². The molecule has 0 saturated carbocycles. The molecule has 1 heterocycles. The highest BCUT2D eigenvalue weighted by Gasteiger charge is 2.34. The van der Waals surface area contributed by atoms with Crippen LogP contribution >= 0.6 is 0 Å². The molecule has 0 amide bonds. The summed E-state index contributed by atoms with van der Waals surface area (Å²) in [5.74, 6) is -0.777. The Balaban J connectivity index is 1.89. The van der Waals surface area contributed by atoms with E-state index in [-0.39, 0.29) is 0 Å². The van der Waals surface area contributed by atoms with E-state index in [0.29, 0.717) is 13.1 Å². The van der Waals surface area contributed by atoms with Crippen LogP contribution in [0.4, 0.5) is 0 Å². The van der Waals surface area contributed by atoms with E-state index in [1.165, 1.54) is 0 Å². The molecular formula is C16H15NO2. The summed E-state index contributed by atoms with van der Waals surface area (Å²) < 4.78 is 0. The van der Waals surface area contributed by atoms with Gasteiger partial charge in [-0.05, 0) is 16.7 Å². The smallest absolute Gasteiger partial charge is 0.325 e. The maximum Gasteiger partial charge on any atom is 0.325 e. The van der Waals surface area contributed by atoms with Gasteiger partial charge in [0.25, 0.3) is 0 Å². The molecule has 3 heteroatoms. The number of carbonyl (C=O) groups is 1. The van der Waals surface area contributed by atoms with Gasteiger partial charge < -0.3 is 5.11 Å². The van der Waals surface area contributed by atoms with Gasteiger partial charge in [0.1, 0.15) is 6.04 Å². The van der Waals surface area contributed by atoms with Gasteiger partial charge >= 0.3 is 5.97 Å². The Labute approximate surface area is 112 Å². The number of carboxylic acid groups (broad SMARTS) is 1. The van der Waals surface area contributed by atoms with Crippen LogP contribution in [0.1, 0.15) is 22.7 Å². The van der Waals surface area contributed by atoms with Crippen LogP contribution < -0.4 is 0 Å². The van der Waals surface area contributed by atoms with E-state index in [0.717, 1.165) is 16.7 Å². The first kappa shape index (κ1) is 11.9. The van der Waals surface area contributed by atoms with Gasteiger partial charge in [0, 0.05) is 13.1 Å². The lowest BCUT2D eigenvalue weighted by molar-refractivity contribution is -0.143. The van der Waals surface area contributed by atoms with E-state index in [1.807, 2.05) is 59.5 Å². The third-order valence-corrected chi connectivity index (χ3v) is 3.55. The summed E-state index contributed by atoms with van der Waals surface area (Å²) in [5, 5.41) is 9.47. The number of nitrogens with zero attached hydrogens (tertiary/aromatic N) is 1. The van der Waals surface area contributed by atoms with Gasteiger partial charge in [-0.2, -0.15) is 0 Å². The van der Waals surface area contributed by atoms with Crippen LogP contribution in [0.15, 0.2) is 54.6 Å². The van der Waals surface area contributed by atoms with E-state index in [2.05, 4.69) is 0 Å². The fourth-order valence-electron chi connectivity index (χ4n) is 2.71. The van der Waals surface area contributed by atoms with Crippen LogP contribution in [0.25, 0.3) is 0 Å². The van der Waals surface area contributed by atoms with Crippen LogP contribution in [-0.4, -0.2) is 16.0 Å². The van der Waals surface area contributed by atoms with Crippen LogP contribution in [0.5, 0.6) is 0 Å². The molecule has 0 spiro atoms. The van der Waals surface area contributed by atoms with Crippen molar-refractivity contribution in [2.75, 3.05) is 0 Å². The lowest BCUT2D eigenvalue weighted by Crippen LogP contribution is -2.27. The predicted molar refractivity (Wildman–Crippen MR) is 72.5 cm³/mol. The number of carboxylic acids is 1. The first-order chi connectivity index (χ1) is 9.25. The number of rotatable bonds is 3. The van der Waals surface area contributed by atoms with Crippen molar-refractivity contribution in [1.29, 1.82) is 0 Å². The van der Waals surface area contributed by atoms with Crippen molar-refractivity contribution in [3.8, 4) is 0 Å². The molecular weight excluding hydrogens is 238 g/mol. The Bertz CT molecular complexity index is 595. The minimum Gasteiger partial charge on any atom is -0.480 e. The molecule has 3 nitrogen and oxygen atoms in total. The van der Waals surface area contributed by atoms with E-state index < -0.39 is 12.0 Å². The normalized spacial score (nSPS) is 18.2. The molecule has 96 valence electrons. The molecule has 2 aromatic rings. The van der Waals surface area contributed by atoms with E-state index in [1.54, 1.807) is 0 Å². The van der Waals surface area contributed by atoms with Crippen molar-refractivity contribution in [2.24, 2.45) is 0 Å². The molecule has 0 bridgehead atoms. The maximum absolute atomic E-state index is 11.5. The summed E-state index contributed by atoms with van der Waals surface area (Å²) in [7, 11) is 0. The number of hydrogen-bond donors (Lipinski definition) is 1. The average molecular weight is 253 g/mol.